The van der Waals surface area contributed by atoms with Gasteiger partial charge < -0.3 is 33.2 Å². The minimum atomic E-state index is 0.566. The third kappa shape index (κ3) is 38.5. The molecule has 8 heteroatoms. The molecule has 7 nitrogen and oxygen atoms in total. The average Bonchev–Trinajstić information content (AvgIpc) is 2.95. The fraction of sp³-hybridized carbons (Fsp3) is 1.00. The van der Waals surface area contributed by atoms with Crippen molar-refractivity contribution in [2.45, 2.75) is 103 Å². The molecule has 0 amide bonds. The largest absolute Gasteiger partial charge is 0.379 e. The van der Waals surface area contributed by atoms with Crippen LogP contribution in [0.1, 0.15) is 103 Å². The van der Waals surface area contributed by atoms with Crippen molar-refractivity contribution in [3.05, 3.63) is 0 Å². The predicted molar refractivity (Wildman–Crippen MR) is 170 cm³/mol. The number of hydrogen-bond donors (Lipinski definition) is 0. The molecular formula is C31H63IO7. The van der Waals surface area contributed by atoms with Gasteiger partial charge in [0.15, 0.2) is 0 Å². The second-order valence-electron chi connectivity index (χ2n) is 9.93. The first-order valence-corrected chi connectivity index (χ1v) is 17.5. The summed E-state index contributed by atoms with van der Waals surface area (Å²) < 4.78 is 40.0. The fourth-order valence-corrected chi connectivity index (χ4v) is 4.48. The van der Waals surface area contributed by atoms with E-state index in [1.54, 1.807) is 0 Å². The molecule has 0 aliphatic rings. The first-order chi connectivity index (χ1) is 19.4. The summed E-state index contributed by atoms with van der Waals surface area (Å²) in [5.41, 5.74) is 0. The summed E-state index contributed by atoms with van der Waals surface area (Å²) in [7, 11) is 0. The summed E-state index contributed by atoms with van der Waals surface area (Å²) in [5.74, 6) is 0. The second kappa shape index (κ2) is 38.5. The molecule has 0 radical (unpaired) electrons. The smallest absolute Gasteiger partial charge is 0.0701 e. The highest BCUT2D eigenvalue weighted by atomic mass is 127. The van der Waals surface area contributed by atoms with Gasteiger partial charge in [-0.25, -0.2) is 0 Å². The minimum absolute atomic E-state index is 0.566. The minimum Gasteiger partial charge on any atom is -0.379 e. The maximum atomic E-state index is 5.65. The number of alkyl halides is 1. The summed E-state index contributed by atoms with van der Waals surface area (Å²) in [6.07, 6.45) is 20.0. The van der Waals surface area contributed by atoms with E-state index in [1.165, 1.54) is 87.9 Å². The molecule has 0 saturated heterocycles. The zero-order valence-electron chi connectivity index (χ0n) is 25.4. The first kappa shape index (κ1) is 39.5. The van der Waals surface area contributed by atoms with Crippen LogP contribution in [0.3, 0.4) is 0 Å². The van der Waals surface area contributed by atoms with Gasteiger partial charge in [0.05, 0.1) is 79.3 Å². The Morgan fingerprint density at radius 3 is 0.795 bits per heavy atom. The Kier molecular flexibility index (Phi) is 38.9. The number of rotatable bonds is 36. The molecule has 0 fully saturated rings. The van der Waals surface area contributed by atoms with E-state index in [2.05, 4.69) is 29.5 Å². The Hall–Kier alpha value is 0.450. The summed E-state index contributed by atoms with van der Waals surface area (Å²) in [5, 5.41) is 0. The molecule has 0 spiro atoms. The second-order valence-corrected chi connectivity index (χ2v) is 11.0. The number of ether oxygens (including phenoxy) is 7. The third-order valence-electron chi connectivity index (χ3n) is 6.30. The lowest BCUT2D eigenvalue weighted by molar-refractivity contribution is -0.0206. The third-order valence-corrected chi connectivity index (χ3v) is 7.06. The van der Waals surface area contributed by atoms with Gasteiger partial charge in [-0.3, -0.25) is 0 Å². The predicted octanol–water partition coefficient (Wildman–Crippen LogP) is 7.41. The molecule has 0 aromatic rings. The van der Waals surface area contributed by atoms with Crippen LogP contribution < -0.4 is 0 Å². The van der Waals surface area contributed by atoms with Crippen LogP contribution in [0, 0.1) is 0 Å². The molecule has 0 aliphatic heterocycles. The summed E-state index contributed by atoms with van der Waals surface area (Å²) in [6, 6.07) is 0. The molecule has 39 heavy (non-hydrogen) atoms. The molecule has 0 unspecified atom stereocenters. The van der Waals surface area contributed by atoms with Crippen LogP contribution in [0.25, 0.3) is 0 Å². The molecular weight excluding hydrogens is 611 g/mol. The highest BCUT2D eigenvalue weighted by Gasteiger charge is 1.96. The van der Waals surface area contributed by atoms with Crippen LogP contribution in [0.4, 0.5) is 0 Å². The normalized spacial score (nSPS) is 11.5. The van der Waals surface area contributed by atoms with Crippen molar-refractivity contribution in [2.24, 2.45) is 0 Å². The van der Waals surface area contributed by atoms with Gasteiger partial charge in [0.25, 0.3) is 0 Å². The van der Waals surface area contributed by atoms with Crippen LogP contribution in [0.5, 0.6) is 0 Å². The Morgan fingerprint density at radius 1 is 0.282 bits per heavy atom. The Morgan fingerprint density at radius 2 is 0.513 bits per heavy atom. The van der Waals surface area contributed by atoms with Crippen molar-refractivity contribution in [2.75, 3.05) is 96.9 Å². The quantitative estimate of drug-likeness (QED) is 0.0390. The first-order valence-electron chi connectivity index (χ1n) is 16.0. The van der Waals surface area contributed by atoms with Crippen LogP contribution in [-0.4, -0.2) is 96.9 Å². The standard InChI is InChI=1S/C31H63IO7/c1-2-3-4-5-6-7-8-9-10-12-15-18-33-20-22-35-24-26-37-28-30-39-31-29-38-27-25-36-23-21-34-19-16-13-11-14-17-32/h2-31H2,1H3. The van der Waals surface area contributed by atoms with Crippen molar-refractivity contribution < 1.29 is 33.2 Å². The maximum absolute atomic E-state index is 5.65. The maximum Gasteiger partial charge on any atom is 0.0701 e. The van der Waals surface area contributed by atoms with Crippen molar-refractivity contribution >= 4 is 22.6 Å². The SMILES string of the molecule is CCCCCCCCCCCCCOCCOCCOCCOCCOCCOCCOCCCCCCI. The Labute approximate surface area is 255 Å². The van der Waals surface area contributed by atoms with Gasteiger partial charge in [0.1, 0.15) is 0 Å². The average molecular weight is 675 g/mol. The number of hydrogen-bond acceptors (Lipinski definition) is 7. The molecule has 0 saturated carbocycles. The van der Waals surface area contributed by atoms with Crippen molar-refractivity contribution in [1.29, 1.82) is 0 Å². The molecule has 0 atom stereocenters. The van der Waals surface area contributed by atoms with E-state index in [0.717, 1.165) is 26.1 Å². The highest BCUT2D eigenvalue weighted by Crippen LogP contribution is 2.11. The van der Waals surface area contributed by atoms with Crippen LogP contribution in [0.2, 0.25) is 0 Å². The van der Waals surface area contributed by atoms with Crippen molar-refractivity contribution in [1.82, 2.24) is 0 Å². The molecule has 236 valence electrons. The summed E-state index contributed by atoms with van der Waals surface area (Å²) in [4.78, 5) is 0. The number of unbranched alkanes of at least 4 members (excludes halogenated alkanes) is 13. The lowest BCUT2D eigenvalue weighted by atomic mass is 10.1. The topological polar surface area (TPSA) is 64.6 Å². The van der Waals surface area contributed by atoms with Gasteiger partial charge in [0.2, 0.25) is 0 Å². The highest BCUT2D eigenvalue weighted by molar-refractivity contribution is 14.1. The van der Waals surface area contributed by atoms with Crippen LogP contribution in [-0.2, 0) is 33.2 Å². The van der Waals surface area contributed by atoms with Gasteiger partial charge in [-0.2, -0.15) is 0 Å². The lowest BCUT2D eigenvalue weighted by Crippen LogP contribution is -2.14. The summed E-state index contributed by atoms with van der Waals surface area (Å²) >= 11 is 2.43. The van der Waals surface area contributed by atoms with E-state index in [9.17, 15) is 0 Å². The van der Waals surface area contributed by atoms with E-state index in [0.29, 0.717) is 79.3 Å². The van der Waals surface area contributed by atoms with Gasteiger partial charge in [-0.05, 0) is 23.7 Å². The van der Waals surface area contributed by atoms with E-state index in [1.807, 2.05) is 0 Å². The van der Waals surface area contributed by atoms with Gasteiger partial charge in [-0.15, -0.1) is 0 Å². The zero-order chi connectivity index (χ0) is 28.2. The van der Waals surface area contributed by atoms with Crippen molar-refractivity contribution in [3.8, 4) is 0 Å². The molecule has 0 aromatic heterocycles. The molecule has 0 rings (SSSR count). The monoisotopic (exact) mass is 674 g/mol. The Bertz CT molecular complexity index is 382. The molecule has 0 heterocycles. The van der Waals surface area contributed by atoms with Crippen LogP contribution >= 0.6 is 22.6 Å². The summed E-state index contributed by atoms with van der Waals surface area (Å²) in [6.45, 7) is 11.2. The van der Waals surface area contributed by atoms with Gasteiger partial charge >= 0.3 is 0 Å². The van der Waals surface area contributed by atoms with E-state index < -0.39 is 0 Å². The van der Waals surface area contributed by atoms with E-state index >= 15 is 0 Å². The van der Waals surface area contributed by atoms with E-state index in [-0.39, 0.29) is 0 Å². The molecule has 0 aliphatic carbocycles. The molecule has 0 aromatic carbocycles. The number of halogens is 1. The molecule has 0 bridgehead atoms. The Balaban J connectivity index is 3.01. The lowest BCUT2D eigenvalue weighted by Gasteiger charge is -2.08. The van der Waals surface area contributed by atoms with Crippen molar-refractivity contribution in [3.63, 3.8) is 0 Å². The molecule has 0 N–H and O–H groups in total. The van der Waals surface area contributed by atoms with Crippen LogP contribution in [0.15, 0.2) is 0 Å². The zero-order valence-corrected chi connectivity index (χ0v) is 27.6. The van der Waals surface area contributed by atoms with E-state index in [4.69, 9.17) is 33.2 Å². The fourth-order valence-electron chi connectivity index (χ4n) is 3.94. The van der Waals surface area contributed by atoms with Gasteiger partial charge in [0, 0.05) is 13.2 Å². The van der Waals surface area contributed by atoms with Gasteiger partial charge in [-0.1, -0.05) is 107 Å².